The molecule has 0 heterocycles. The van der Waals surface area contributed by atoms with E-state index in [2.05, 4.69) is 10.6 Å². The Morgan fingerprint density at radius 1 is 0.929 bits per heavy atom. The molecule has 0 aliphatic carbocycles. The number of sulfone groups is 1. The molecule has 0 saturated heterocycles. The number of carbonyl (C=O) groups is 3. The Hall–Kier alpha value is -3.20. The van der Waals surface area contributed by atoms with Gasteiger partial charge in [-0.2, -0.15) is 0 Å². The lowest BCUT2D eigenvalue weighted by Gasteiger charge is -2.16. The van der Waals surface area contributed by atoms with Crippen molar-refractivity contribution in [2.75, 3.05) is 12.3 Å². The first-order chi connectivity index (χ1) is 13.3. The molecular formula is C19H21N3O5S. The van der Waals surface area contributed by atoms with Gasteiger partial charge in [-0.15, -0.1) is 0 Å². The molecule has 0 aliphatic heterocycles. The number of hydrogen-bond acceptors (Lipinski definition) is 5. The van der Waals surface area contributed by atoms with Gasteiger partial charge >= 0.3 is 0 Å². The molecule has 28 heavy (non-hydrogen) atoms. The summed E-state index contributed by atoms with van der Waals surface area (Å²) in [6, 6.07) is 14.9. The number of carbonyl (C=O) groups excluding carboxylic acids is 3. The molecule has 2 aromatic carbocycles. The molecule has 2 rings (SSSR count). The van der Waals surface area contributed by atoms with E-state index in [1.54, 1.807) is 48.5 Å². The fraction of sp³-hybridized carbons (Fsp3) is 0.211. The molecule has 148 valence electrons. The zero-order valence-electron chi connectivity index (χ0n) is 15.0. The Bertz CT molecular complexity index is 931. The van der Waals surface area contributed by atoms with Crippen LogP contribution in [0, 0.1) is 0 Å². The molecule has 0 radical (unpaired) electrons. The molecule has 8 nitrogen and oxygen atoms in total. The lowest BCUT2D eigenvalue weighted by Crippen LogP contribution is -2.48. The van der Waals surface area contributed by atoms with Gasteiger partial charge in [-0.1, -0.05) is 36.4 Å². The van der Waals surface area contributed by atoms with Crippen molar-refractivity contribution >= 4 is 27.6 Å². The first-order valence-electron chi connectivity index (χ1n) is 8.49. The molecule has 0 unspecified atom stereocenters. The maximum absolute atomic E-state index is 12.3. The number of hydrogen-bond donors (Lipinski definition) is 3. The van der Waals surface area contributed by atoms with Crippen molar-refractivity contribution < 1.29 is 22.8 Å². The van der Waals surface area contributed by atoms with Crippen LogP contribution >= 0.6 is 0 Å². The molecule has 0 spiro atoms. The molecule has 9 heteroatoms. The van der Waals surface area contributed by atoms with Gasteiger partial charge < -0.3 is 16.4 Å². The summed E-state index contributed by atoms with van der Waals surface area (Å²) >= 11 is 0. The Morgan fingerprint density at radius 3 is 2.07 bits per heavy atom. The van der Waals surface area contributed by atoms with Crippen LogP contribution in [0.25, 0.3) is 0 Å². The lowest BCUT2D eigenvalue weighted by atomic mass is 10.2. The zero-order valence-corrected chi connectivity index (χ0v) is 15.8. The van der Waals surface area contributed by atoms with Crippen LogP contribution in [0.4, 0.5) is 0 Å². The average Bonchev–Trinajstić information content (AvgIpc) is 2.70. The van der Waals surface area contributed by atoms with Crippen molar-refractivity contribution in [3.8, 4) is 0 Å². The second kappa shape index (κ2) is 9.65. The molecule has 0 aromatic heterocycles. The standard InChI is InChI=1S/C19H21N3O5S/c20-18(24)16(11-12-28(26,27)15-9-5-2-6-10-15)22-17(23)13-21-19(25)14-7-3-1-4-8-14/h1-10,16H,11-13H2,(H2,20,24)(H,21,25)(H,22,23)/t16-/m0/s1. The van der Waals surface area contributed by atoms with E-state index in [1.807, 2.05) is 0 Å². The van der Waals surface area contributed by atoms with E-state index in [-0.39, 0.29) is 23.6 Å². The number of nitrogens with one attached hydrogen (secondary N) is 2. The highest BCUT2D eigenvalue weighted by Gasteiger charge is 2.23. The number of benzene rings is 2. The molecule has 1 atom stereocenters. The molecular weight excluding hydrogens is 382 g/mol. The van der Waals surface area contributed by atoms with Crippen molar-refractivity contribution in [1.82, 2.24) is 10.6 Å². The Kier molecular flexibility index (Phi) is 7.28. The van der Waals surface area contributed by atoms with Gasteiger partial charge in [-0.05, 0) is 30.7 Å². The predicted molar refractivity (Wildman–Crippen MR) is 103 cm³/mol. The lowest BCUT2D eigenvalue weighted by molar-refractivity contribution is -0.126. The van der Waals surface area contributed by atoms with Gasteiger partial charge in [-0.25, -0.2) is 8.42 Å². The van der Waals surface area contributed by atoms with Gasteiger partial charge in [0.1, 0.15) is 6.04 Å². The van der Waals surface area contributed by atoms with Crippen molar-refractivity contribution in [3.05, 3.63) is 66.2 Å². The molecule has 3 amide bonds. The third-order valence-electron chi connectivity index (χ3n) is 3.90. The van der Waals surface area contributed by atoms with Crippen molar-refractivity contribution in [2.45, 2.75) is 17.4 Å². The van der Waals surface area contributed by atoms with Crippen LogP contribution in [-0.2, 0) is 19.4 Å². The molecule has 0 fully saturated rings. The maximum atomic E-state index is 12.3. The summed E-state index contributed by atoms with van der Waals surface area (Å²) in [6.45, 7) is -0.372. The molecule has 0 bridgehead atoms. The second-order valence-electron chi connectivity index (χ2n) is 5.99. The molecule has 0 aliphatic rings. The molecule has 0 saturated carbocycles. The van der Waals surface area contributed by atoms with Gasteiger partial charge in [0.25, 0.3) is 5.91 Å². The van der Waals surface area contributed by atoms with Crippen molar-refractivity contribution in [2.24, 2.45) is 5.73 Å². The summed E-state index contributed by atoms with van der Waals surface area (Å²) in [7, 11) is -3.62. The highest BCUT2D eigenvalue weighted by molar-refractivity contribution is 7.91. The number of primary amides is 1. The van der Waals surface area contributed by atoms with Gasteiger partial charge in [0.05, 0.1) is 17.2 Å². The highest BCUT2D eigenvalue weighted by atomic mass is 32.2. The van der Waals surface area contributed by atoms with Crippen LogP contribution in [0.5, 0.6) is 0 Å². The normalized spacial score (nSPS) is 12.0. The highest BCUT2D eigenvalue weighted by Crippen LogP contribution is 2.12. The van der Waals surface area contributed by atoms with Crippen LogP contribution < -0.4 is 16.4 Å². The fourth-order valence-electron chi connectivity index (χ4n) is 2.40. The fourth-order valence-corrected chi connectivity index (χ4v) is 3.76. The summed E-state index contributed by atoms with van der Waals surface area (Å²) in [5.41, 5.74) is 5.65. The van der Waals surface area contributed by atoms with E-state index in [0.29, 0.717) is 5.56 Å². The summed E-state index contributed by atoms with van der Waals surface area (Å²) in [4.78, 5) is 35.6. The van der Waals surface area contributed by atoms with Crippen LogP contribution in [0.15, 0.2) is 65.6 Å². The second-order valence-corrected chi connectivity index (χ2v) is 8.10. The van der Waals surface area contributed by atoms with Crippen LogP contribution in [0.2, 0.25) is 0 Å². The summed E-state index contributed by atoms with van der Waals surface area (Å²) < 4.78 is 24.6. The van der Waals surface area contributed by atoms with Crippen LogP contribution in [-0.4, -0.2) is 44.5 Å². The van der Waals surface area contributed by atoms with E-state index >= 15 is 0 Å². The smallest absolute Gasteiger partial charge is 0.251 e. The molecule has 2 aromatic rings. The molecule has 4 N–H and O–H groups in total. The number of rotatable bonds is 9. The summed E-state index contributed by atoms with van der Waals surface area (Å²) in [5.74, 6) is -2.31. The first kappa shape index (κ1) is 21.1. The quantitative estimate of drug-likeness (QED) is 0.551. The minimum Gasteiger partial charge on any atom is -0.368 e. The predicted octanol–water partition coefficient (Wildman–Crippen LogP) is 0.251. The van der Waals surface area contributed by atoms with E-state index < -0.39 is 33.6 Å². The topological polar surface area (TPSA) is 135 Å². The van der Waals surface area contributed by atoms with Crippen molar-refractivity contribution in [1.29, 1.82) is 0 Å². The largest absolute Gasteiger partial charge is 0.368 e. The first-order valence-corrected chi connectivity index (χ1v) is 10.1. The SMILES string of the molecule is NC(=O)[C@H](CCS(=O)(=O)c1ccccc1)NC(=O)CNC(=O)c1ccccc1. The Labute approximate surface area is 163 Å². The maximum Gasteiger partial charge on any atom is 0.251 e. The van der Waals surface area contributed by atoms with Crippen LogP contribution in [0.1, 0.15) is 16.8 Å². The monoisotopic (exact) mass is 403 g/mol. The van der Waals surface area contributed by atoms with Crippen molar-refractivity contribution in [3.63, 3.8) is 0 Å². The van der Waals surface area contributed by atoms with Gasteiger partial charge in [0.2, 0.25) is 11.8 Å². The van der Waals surface area contributed by atoms with Crippen LogP contribution in [0.3, 0.4) is 0 Å². The van der Waals surface area contributed by atoms with E-state index in [9.17, 15) is 22.8 Å². The van der Waals surface area contributed by atoms with E-state index in [0.717, 1.165) is 0 Å². The third kappa shape index (κ3) is 6.20. The van der Waals surface area contributed by atoms with Gasteiger partial charge in [-0.3, -0.25) is 14.4 Å². The average molecular weight is 403 g/mol. The van der Waals surface area contributed by atoms with E-state index in [1.165, 1.54) is 12.1 Å². The Morgan fingerprint density at radius 2 is 1.50 bits per heavy atom. The van der Waals surface area contributed by atoms with Gasteiger partial charge in [0, 0.05) is 5.56 Å². The summed E-state index contributed by atoms with van der Waals surface area (Å²) in [6.07, 6.45) is -0.176. The minimum absolute atomic E-state index is 0.125. The number of nitrogens with two attached hydrogens (primary N) is 1. The van der Waals surface area contributed by atoms with E-state index in [4.69, 9.17) is 5.73 Å². The minimum atomic E-state index is -3.62. The number of amides is 3. The Balaban J connectivity index is 1.89. The van der Waals surface area contributed by atoms with Gasteiger partial charge in [0.15, 0.2) is 9.84 Å². The third-order valence-corrected chi connectivity index (χ3v) is 5.67. The summed E-state index contributed by atoms with van der Waals surface area (Å²) in [5, 5.41) is 4.77. The zero-order chi connectivity index (χ0) is 20.6.